The Bertz CT molecular complexity index is 539. The fourth-order valence-electron chi connectivity index (χ4n) is 2.41. The Morgan fingerprint density at radius 1 is 1.36 bits per heavy atom. The number of benzene rings is 1. The Morgan fingerprint density at radius 3 is 2.55 bits per heavy atom. The minimum absolute atomic E-state index is 0.392. The fourth-order valence-corrected chi connectivity index (χ4v) is 2.41. The monoisotopic (exact) mass is 314 g/mol. The van der Waals surface area contributed by atoms with Gasteiger partial charge in [0, 0.05) is 44.2 Å². The first-order chi connectivity index (χ1) is 10.3. The number of alkyl halides is 3. The highest BCUT2D eigenvalue weighted by Gasteiger charge is 2.32. The maximum Gasteiger partial charge on any atom is 0.416 e. The summed E-state index contributed by atoms with van der Waals surface area (Å²) in [5.41, 5.74) is 5.58. The molecule has 0 aromatic heterocycles. The highest BCUT2D eigenvalue weighted by molar-refractivity contribution is 5.79. The van der Waals surface area contributed by atoms with Crippen molar-refractivity contribution in [1.82, 2.24) is 5.32 Å². The second kappa shape index (κ2) is 6.56. The molecular weight excluding hydrogens is 295 g/mol. The van der Waals surface area contributed by atoms with Crippen molar-refractivity contribution in [2.75, 3.05) is 31.1 Å². The van der Waals surface area contributed by atoms with Gasteiger partial charge < -0.3 is 16.0 Å². The Kier molecular flexibility index (Phi) is 4.95. The topological polar surface area (TPSA) is 58.4 Å². The van der Waals surface area contributed by atoms with Crippen LogP contribution in [0.4, 0.5) is 18.9 Å². The molecule has 1 aliphatic rings. The van der Waals surface area contributed by atoms with Crippen LogP contribution in [0.2, 0.25) is 0 Å². The van der Waals surface area contributed by atoms with E-state index in [9.17, 15) is 18.0 Å². The number of nitrogens with two attached hydrogens (primary N) is 1. The van der Waals surface area contributed by atoms with Crippen LogP contribution in [0.5, 0.6) is 0 Å². The molecule has 1 radical (unpaired) electrons. The Labute approximate surface area is 127 Å². The van der Waals surface area contributed by atoms with Crippen molar-refractivity contribution in [1.29, 1.82) is 0 Å². The minimum Gasteiger partial charge on any atom is -0.369 e. The lowest BCUT2D eigenvalue weighted by molar-refractivity contribution is -0.137. The lowest BCUT2D eigenvalue weighted by atomic mass is 9.96. The zero-order chi connectivity index (χ0) is 16.3. The van der Waals surface area contributed by atoms with Gasteiger partial charge in [-0.05, 0) is 23.8 Å². The number of hydrogen-bond acceptors (Lipinski definition) is 3. The molecule has 7 heteroatoms. The molecule has 0 aliphatic carbocycles. The third-order valence-corrected chi connectivity index (χ3v) is 3.69. The summed E-state index contributed by atoms with van der Waals surface area (Å²) in [6.07, 6.45) is -2.92. The zero-order valence-corrected chi connectivity index (χ0v) is 12.3. The van der Waals surface area contributed by atoms with E-state index in [-0.39, 0.29) is 0 Å². The summed E-state index contributed by atoms with van der Waals surface area (Å²) in [5, 5.41) is 3.19. The number of primary amides is 1. The average molecular weight is 314 g/mol. The van der Waals surface area contributed by atoms with Gasteiger partial charge in [0.1, 0.15) is 0 Å². The van der Waals surface area contributed by atoms with Crippen molar-refractivity contribution < 1.29 is 18.0 Å². The summed E-state index contributed by atoms with van der Waals surface area (Å²) in [4.78, 5) is 13.2. The van der Waals surface area contributed by atoms with Gasteiger partial charge in [-0.2, -0.15) is 13.2 Å². The maximum atomic E-state index is 12.9. The number of rotatable bonds is 4. The molecule has 1 heterocycles. The molecule has 121 valence electrons. The van der Waals surface area contributed by atoms with Gasteiger partial charge in [-0.1, -0.05) is 6.92 Å². The van der Waals surface area contributed by atoms with E-state index in [2.05, 4.69) is 5.32 Å². The summed E-state index contributed by atoms with van der Waals surface area (Å²) in [7, 11) is 0. The van der Waals surface area contributed by atoms with Crippen LogP contribution in [-0.4, -0.2) is 32.1 Å². The Hall–Kier alpha value is -1.76. The molecule has 4 nitrogen and oxygen atoms in total. The largest absolute Gasteiger partial charge is 0.416 e. The molecule has 1 atom stereocenters. The van der Waals surface area contributed by atoms with E-state index in [1.165, 1.54) is 12.5 Å². The molecule has 1 aliphatic heterocycles. The summed E-state index contributed by atoms with van der Waals surface area (Å²) >= 11 is 0. The van der Waals surface area contributed by atoms with Gasteiger partial charge in [-0.15, -0.1) is 0 Å². The number of nitrogens with zero attached hydrogens (tertiary/aromatic N) is 1. The lowest BCUT2D eigenvalue weighted by Crippen LogP contribution is -2.44. The van der Waals surface area contributed by atoms with E-state index in [0.717, 1.165) is 25.2 Å². The van der Waals surface area contributed by atoms with Gasteiger partial charge in [0.15, 0.2) is 0 Å². The van der Waals surface area contributed by atoms with E-state index in [1.54, 1.807) is 6.92 Å². The normalized spacial score (nSPS) is 17.4. The van der Waals surface area contributed by atoms with E-state index >= 15 is 0 Å². The molecule has 2 rings (SSSR count). The molecular formula is C15H19F3N3O. The first-order valence-electron chi connectivity index (χ1n) is 7.10. The number of carbonyl (C=O) groups is 1. The van der Waals surface area contributed by atoms with Crippen LogP contribution in [0.25, 0.3) is 0 Å². The van der Waals surface area contributed by atoms with Crippen molar-refractivity contribution in [3.05, 3.63) is 35.7 Å². The van der Waals surface area contributed by atoms with Crippen LogP contribution in [0.15, 0.2) is 18.2 Å². The second-order valence-corrected chi connectivity index (χ2v) is 5.37. The number of hydrogen-bond donors (Lipinski definition) is 2. The van der Waals surface area contributed by atoms with Gasteiger partial charge >= 0.3 is 6.18 Å². The summed E-state index contributed by atoms with van der Waals surface area (Å²) in [6.45, 7) is 4.52. The summed E-state index contributed by atoms with van der Waals surface area (Å²) < 4.78 is 38.7. The molecule has 1 aromatic carbocycles. The van der Waals surface area contributed by atoms with Crippen LogP contribution >= 0.6 is 0 Å². The van der Waals surface area contributed by atoms with Gasteiger partial charge in [-0.25, -0.2) is 0 Å². The average Bonchev–Trinajstić information content (AvgIpc) is 2.47. The predicted molar refractivity (Wildman–Crippen MR) is 78.3 cm³/mol. The molecule has 1 saturated heterocycles. The molecule has 0 bridgehead atoms. The first-order valence-corrected chi connectivity index (χ1v) is 7.10. The second-order valence-electron chi connectivity index (χ2n) is 5.37. The predicted octanol–water partition coefficient (Wildman–Crippen LogP) is 1.79. The lowest BCUT2D eigenvalue weighted by Gasteiger charge is -2.32. The number of carbonyl (C=O) groups excluding carboxylic acids is 1. The number of amides is 1. The molecule has 1 amide bonds. The van der Waals surface area contributed by atoms with Crippen LogP contribution in [-0.2, 0) is 11.0 Å². The SMILES string of the molecule is CC([CH]c1cc(C(F)(F)F)ccc1N1CCNCC1)C(N)=O. The third kappa shape index (κ3) is 3.91. The molecule has 22 heavy (non-hydrogen) atoms. The Balaban J connectivity index is 2.36. The van der Waals surface area contributed by atoms with Crippen LogP contribution in [0, 0.1) is 12.3 Å². The quantitative estimate of drug-likeness (QED) is 0.891. The summed E-state index contributed by atoms with van der Waals surface area (Å²) in [5.74, 6) is -1.20. The molecule has 1 fully saturated rings. The van der Waals surface area contributed by atoms with Crippen molar-refractivity contribution >= 4 is 11.6 Å². The van der Waals surface area contributed by atoms with Crippen LogP contribution in [0.1, 0.15) is 18.1 Å². The molecule has 0 spiro atoms. The fraction of sp³-hybridized carbons (Fsp3) is 0.467. The molecule has 0 saturated carbocycles. The number of anilines is 1. The van der Waals surface area contributed by atoms with Crippen molar-refractivity contribution in [3.8, 4) is 0 Å². The molecule has 1 unspecified atom stereocenters. The number of halogens is 3. The van der Waals surface area contributed by atoms with Crippen LogP contribution < -0.4 is 16.0 Å². The highest BCUT2D eigenvalue weighted by atomic mass is 19.4. The minimum atomic E-state index is -4.42. The number of nitrogens with one attached hydrogen (secondary N) is 1. The number of piperazine rings is 1. The Morgan fingerprint density at radius 2 is 2.00 bits per heavy atom. The molecule has 1 aromatic rings. The van der Waals surface area contributed by atoms with E-state index < -0.39 is 23.6 Å². The third-order valence-electron chi connectivity index (χ3n) is 3.69. The van der Waals surface area contributed by atoms with Gasteiger partial charge in [0.2, 0.25) is 5.91 Å². The highest BCUT2D eigenvalue weighted by Crippen LogP contribution is 2.34. The summed E-state index contributed by atoms with van der Waals surface area (Å²) in [6, 6.07) is 3.62. The van der Waals surface area contributed by atoms with Gasteiger partial charge in [0.05, 0.1) is 5.56 Å². The molecule has 3 N–H and O–H groups in total. The van der Waals surface area contributed by atoms with E-state index in [0.29, 0.717) is 24.3 Å². The zero-order valence-electron chi connectivity index (χ0n) is 12.3. The maximum absolute atomic E-state index is 12.9. The first kappa shape index (κ1) is 16.6. The van der Waals surface area contributed by atoms with Crippen molar-refractivity contribution in [2.24, 2.45) is 11.7 Å². The van der Waals surface area contributed by atoms with Crippen molar-refractivity contribution in [3.63, 3.8) is 0 Å². The smallest absolute Gasteiger partial charge is 0.369 e. The van der Waals surface area contributed by atoms with Gasteiger partial charge in [-0.3, -0.25) is 4.79 Å². The van der Waals surface area contributed by atoms with Crippen molar-refractivity contribution in [2.45, 2.75) is 13.1 Å². The van der Waals surface area contributed by atoms with E-state index in [4.69, 9.17) is 5.73 Å². The van der Waals surface area contributed by atoms with Gasteiger partial charge in [0.25, 0.3) is 0 Å². The van der Waals surface area contributed by atoms with Crippen LogP contribution in [0.3, 0.4) is 0 Å². The van der Waals surface area contributed by atoms with E-state index in [1.807, 2.05) is 4.90 Å². The standard InChI is InChI=1S/C15H19F3N3O/c1-10(14(19)22)8-11-9-12(15(16,17)18)2-3-13(11)21-6-4-20-5-7-21/h2-3,8-10,20H,4-7H2,1H3,(H2,19,22).